The number of rotatable bonds is 2. The first kappa shape index (κ1) is 13.1. The van der Waals surface area contributed by atoms with Gasteiger partial charge in [-0.1, -0.05) is 0 Å². The molecule has 2 atom stereocenters. The van der Waals surface area contributed by atoms with Crippen molar-refractivity contribution >= 4 is 10.0 Å². The van der Waals surface area contributed by atoms with Crippen molar-refractivity contribution in [3.63, 3.8) is 0 Å². The molecule has 1 aromatic rings. The summed E-state index contributed by atoms with van der Waals surface area (Å²) in [5.74, 6) is 0.898. The van der Waals surface area contributed by atoms with Crippen molar-refractivity contribution in [3.05, 3.63) is 12.0 Å². The number of hydrogen-bond donors (Lipinski definition) is 1. The van der Waals surface area contributed by atoms with Gasteiger partial charge < -0.3 is 9.88 Å². The van der Waals surface area contributed by atoms with Crippen molar-refractivity contribution in [2.45, 2.75) is 50.3 Å². The summed E-state index contributed by atoms with van der Waals surface area (Å²) in [6.45, 7) is 5.96. The Kier molecular flexibility index (Phi) is 3.15. The molecule has 2 aliphatic rings. The fourth-order valence-electron chi connectivity index (χ4n) is 2.92. The standard InChI is InChI=1S/C12H20N4O2S/c1-9-10(2)16(7-5-13-9)19(17,18)12-8-14-11-4-3-6-15(11)12/h8-10,13H,3-7H2,1-2H3. The molecule has 6 nitrogen and oxygen atoms in total. The predicted octanol–water partition coefficient (Wildman–Crippen LogP) is 0.200. The van der Waals surface area contributed by atoms with E-state index in [0.29, 0.717) is 18.1 Å². The molecule has 3 heterocycles. The Labute approximate surface area is 113 Å². The monoisotopic (exact) mass is 284 g/mol. The maximum Gasteiger partial charge on any atom is 0.260 e. The minimum absolute atomic E-state index is 0.0358. The van der Waals surface area contributed by atoms with Crippen LogP contribution >= 0.6 is 0 Å². The number of nitrogens with zero attached hydrogens (tertiary/aromatic N) is 3. The highest BCUT2D eigenvalue weighted by atomic mass is 32.2. The lowest BCUT2D eigenvalue weighted by Crippen LogP contribution is -2.57. The van der Waals surface area contributed by atoms with E-state index in [4.69, 9.17) is 0 Å². The molecule has 0 saturated carbocycles. The van der Waals surface area contributed by atoms with Gasteiger partial charge in [0.25, 0.3) is 10.0 Å². The molecule has 3 rings (SSSR count). The molecule has 1 aromatic heterocycles. The second-order valence-electron chi connectivity index (χ2n) is 5.37. The van der Waals surface area contributed by atoms with E-state index >= 15 is 0 Å². The van der Waals surface area contributed by atoms with Crippen LogP contribution < -0.4 is 5.32 Å². The van der Waals surface area contributed by atoms with Gasteiger partial charge in [0.15, 0.2) is 5.03 Å². The maximum absolute atomic E-state index is 12.8. The zero-order valence-corrected chi connectivity index (χ0v) is 12.2. The third kappa shape index (κ3) is 2.00. The number of fused-ring (bicyclic) bond motifs is 1. The minimum Gasteiger partial charge on any atom is -0.318 e. The van der Waals surface area contributed by atoms with Crippen LogP contribution in [0.1, 0.15) is 26.1 Å². The fraction of sp³-hybridized carbons (Fsp3) is 0.750. The lowest BCUT2D eigenvalue weighted by atomic mass is 10.1. The van der Waals surface area contributed by atoms with Crippen LogP contribution in [0.2, 0.25) is 0 Å². The summed E-state index contributed by atoms with van der Waals surface area (Å²) >= 11 is 0. The quantitative estimate of drug-likeness (QED) is 0.842. The van der Waals surface area contributed by atoms with Crippen LogP contribution in [0.15, 0.2) is 11.2 Å². The van der Waals surface area contributed by atoms with Gasteiger partial charge in [-0.2, -0.15) is 4.31 Å². The molecule has 1 N–H and O–H groups in total. The van der Waals surface area contributed by atoms with Crippen LogP contribution in [0, 0.1) is 0 Å². The number of imidazole rings is 1. The summed E-state index contributed by atoms with van der Waals surface area (Å²) in [4.78, 5) is 4.24. The Bertz CT molecular complexity index is 581. The average molecular weight is 284 g/mol. The van der Waals surface area contributed by atoms with E-state index in [1.165, 1.54) is 6.20 Å². The third-order valence-corrected chi connectivity index (χ3v) is 6.22. The van der Waals surface area contributed by atoms with Crippen LogP contribution in [0.4, 0.5) is 0 Å². The normalized spacial score (nSPS) is 28.5. The Morgan fingerprint density at radius 1 is 1.37 bits per heavy atom. The Morgan fingerprint density at radius 2 is 2.16 bits per heavy atom. The minimum atomic E-state index is -3.43. The van der Waals surface area contributed by atoms with Crippen molar-refractivity contribution < 1.29 is 8.42 Å². The maximum atomic E-state index is 12.8. The molecule has 7 heteroatoms. The van der Waals surface area contributed by atoms with E-state index in [1.807, 2.05) is 18.4 Å². The zero-order chi connectivity index (χ0) is 13.6. The van der Waals surface area contributed by atoms with E-state index < -0.39 is 10.0 Å². The van der Waals surface area contributed by atoms with Crippen molar-refractivity contribution in [1.82, 2.24) is 19.2 Å². The van der Waals surface area contributed by atoms with Gasteiger partial charge in [-0.15, -0.1) is 0 Å². The zero-order valence-electron chi connectivity index (χ0n) is 11.3. The van der Waals surface area contributed by atoms with E-state index in [1.54, 1.807) is 4.31 Å². The van der Waals surface area contributed by atoms with Crippen molar-refractivity contribution in [1.29, 1.82) is 0 Å². The SMILES string of the molecule is CC1NCCN(S(=O)(=O)c2cnc3n2CCC3)C1C. The molecule has 2 unspecified atom stereocenters. The highest BCUT2D eigenvalue weighted by Gasteiger charge is 2.37. The van der Waals surface area contributed by atoms with Gasteiger partial charge in [-0.3, -0.25) is 0 Å². The van der Waals surface area contributed by atoms with Crippen LogP contribution in [-0.4, -0.2) is 47.4 Å². The van der Waals surface area contributed by atoms with Crippen molar-refractivity contribution in [2.24, 2.45) is 0 Å². The molecule has 0 aliphatic carbocycles. The number of hydrogen-bond acceptors (Lipinski definition) is 4. The van der Waals surface area contributed by atoms with E-state index in [-0.39, 0.29) is 12.1 Å². The first-order valence-corrected chi connectivity index (χ1v) is 8.25. The number of sulfonamides is 1. The van der Waals surface area contributed by atoms with Gasteiger partial charge in [0, 0.05) is 38.1 Å². The van der Waals surface area contributed by atoms with E-state index in [0.717, 1.165) is 25.2 Å². The lowest BCUT2D eigenvalue weighted by Gasteiger charge is -2.37. The highest BCUT2D eigenvalue weighted by Crippen LogP contribution is 2.25. The molecular formula is C12H20N4O2S. The third-order valence-electron chi connectivity index (χ3n) is 4.23. The molecule has 106 valence electrons. The Balaban J connectivity index is 1.98. The predicted molar refractivity (Wildman–Crippen MR) is 71.4 cm³/mol. The average Bonchev–Trinajstić information content (AvgIpc) is 2.93. The molecule has 0 spiro atoms. The Hall–Kier alpha value is -0.920. The van der Waals surface area contributed by atoms with Crippen LogP contribution in [0.3, 0.4) is 0 Å². The molecule has 1 saturated heterocycles. The van der Waals surface area contributed by atoms with Crippen molar-refractivity contribution in [2.75, 3.05) is 13.1 Å². The molecule has 1 fully saturated rings. The molecule has 2 aliphatic heterocycles. The molecule has 19 heavy (non-hydrogen) atoms. The Morgan fingerprint density at radius 3 is 2.95 bits per heavy atom. The van der Waals surface area contributed by atoms with Gasteiger partial charge in [0.05, 0.1) is 6.20 Å². The second kappa shape index (κ2) is 4.57. The smallest absolute Gasteiger partial charge is 0.260 e. The number of aromatic nitrogens is 2. The van der Waals surface area contributed by atoms with Gasteiger partial charge in [0.2, 0.25) is 0 Å². The van der Waals surface area contributed by atoms with Gasteiger partial charge >= 0.3 is 0 Å². The van der Waals surface area contributed by atoms with E-state index in [2.05, 4.69) is 10.3 Å². The number of piperazine rings is 1. The topological polar surface area (TPSA) is 67.2 Å². The van der Waals surface area contributed by atoms with Crippen LogP contribution in [0.25, 0.3) is 0 Å². The molecule has 0 amide bonds. The lowest BCUT2D eigenvalue weighted by molar-refractivity contribution is 0.231. The van der Waals surface area contributed by atoms with Crippen LogP contribution in [0.5, 0.6) is 0 Å². The fourth-order valence-corrected chi connectivity index (χ4v) is 4.77. The summed E-state index contributed by atoms with van der Waals surface area (Å²) in [7, 11) is -3.43. The summed E-state index contributed by atoms with van der Waals surface area (Å²) in [5.41, 5.74) is 0. The highest BCUT2D eigenvalue weighted by molar-refractivity contribution is 7.89. The molecular weight excluding hydrogens is 264 g/mol. The van der Waals surface area contributed by atoms with Crippen LogP contribution in [-0.2, 0) is 23.0 Å². The van der Waals surface area contributed by atoms with Crippen molar-refractivity contribution in [3.8, 4) is 0 Å². The van der Waals surface area contributed by atoms with Gasteiger partial charge in [0.1, 0.15) is 5.82 Å². The summed E-state index contributed by atoms with van der Waals surface area (Å²) < 4.78 is 29.1. The van der Waals surface area contributed by atoms with Gasteiger partial charge in [-0.05, 0) is 20.3 Å². The summed E-state index contributed by atoms with van der Waals surface area (Å²) in [6.07, 6.45) is 3.38. The number of nitrogens with one attached hydrogen (secondary N) is 1. The van der Waals surface area contributed by atoms with Gasteiger partial charge in [-0.25, -0.2) is 13.4 Å². The number of aryl methyl sites for hydroxylation is 1. The summed E-state index contributed by atoms with van der Waals surface area (Å²) in [5, 5.41) is 3.66. The first-order chi connectivity index (χ1) is 9.01. The largest absolute Gasteiger partial charge is 0.318 e. The second-order valence-corrected chi connectivity index (χ2v) is 7.20. The summed E-state index contributed by atoms with van der Waals surface area (Å²) in [6, 6.07) is 0.135. The van der Waals surface area contributed by atoms with E-state index in [9.17, 15) is 8.42 Å². The molecule has 0 aromatic carbocycles. The first-order valence-electron chi connectivity index (χ1n) is 6.81. The molecule has 0 radical (unpaired) electrons. The molecule has 0 bridgehead atoms.